The molecule has 1 aromatic rings. The van der Waals surface area contributed by atoms with E-state index in [1.807, 2.05) is 0 Å². The van der Waals surface area contributed by atoms with Crippen molar-refractivity contribution in [1.29, 1.82) is 0 Å². The lowest BCUT2D eigenvalue weighted by Crippen LogP contribution is -2.30. The first-order valence-electron chi connectivity index (χ1n) is 7.72. The summed E-state index contributed by atoms with van der Waals surface area (Å²) < 4.78 is 6.13. The van der Waals surface area contributed by atoms with Crippen LogP contribution in [-0.4, -0.2) is 18.7 Å². The Morgan fingerprint density at radius 3 is 2.89 bits per heavy atom. The van der Waals surface area contributed by atoms with Gasteiger partial charge in [0.15, 0.2) is 0 Å². The predicted octanol–water partition coefficient (Wildman–Crippen LogP) is 3.22. The lowest BCUT2D eigenvalue weighted by atomic mass is 9.95. The fourth-order valence-electron chi connectivity index (χ4n) is 3.32. The molecule has 1 aromatic carbocycles. The molecule has 2 heteroatoms. The maximum Gasteiger partial charge on any atom is 0.123 e. The normalized spacial score (nSPS) is 26.9. The molecular formula is C17H23NO. The molecule has 0 spiro atoms. The minimum Gasteiger partial charge on any atom is -0.490 e. The van der Waals surface area contributed by atoms with E-state index >= 15 is 0 Å². The van der Waals surface area contributed by atoms with Crippen LogP contribution in [0.3, 0.4) is 0 Å². The zero-order valence-corrected chi connectivity index (χ0v) is 11.7. The smallest absolute Gasteiger partial charge is 0.123 e. The highest BCUT2D eigenvalue weighted by Gasteiger charge is 2.46. The summed E-state index contributed by atoms with van der Waals surface area (Å²) in [5, 5.41) is 3.71. The largest absolute Gasteiger partial charge is 0.490 e. The second kappa shape index (κ2) is 4.24. The zero-order valence-electron chi connectivity index (χ0n) is 11.7. The highest BCUT2D eigenvalue weighted by atomic mass is 16.5. The Morgan fingerprint density at radius 1 is 1.32 bits per heavy atom. The molecule has 0 aromatic heterocycles. The number of fused-ring (bicyclic) bond motifs is 1. The van der Waals surface area contributed by atoms with Crippen LogP contribution >= 0.6 is 0 Å². The van der Waals surface area contributed by atoms with Crippen LogP contribution in [0.15, 0.2) is 18.2 Å². The molecule has 3 aliphatic rings. The van der Waals surface area contributed by atoms with Gasteiger partial charge in [0, 0.05) is 19.0 Å². The van der Waals surface area contributed by atoms with E-state index in [4.69, 9.17) is 4.74 Å². The average molecular weight is 257 g/mol. The van der Waals surface area contributed by atoms with Gasteiger partial charge in [-0.2, -0.15) is 0 Å². The van der Waals surface area contributed by atoms with E-state index in [1.54, 1.807) is 0 Å². The molecule has 1 unspecified atom stereocenters. The number of rotatable bonds is 5. The lowest BCUT2D eigenvalue weighted by Gasteiger charge is -2.20. The van der Waals surface area contributed by atoms with Crippen LogP contribution in [0.2, 0.25) is 0 Å². The van der Waals surface area contributed by atoms with Crippen molar-refractivity contribution < 1.29 is 4.74 Å². The Morgan fingerprint density at radius 2 is 2.16 bits per heavy atom. The minimum absolute atomic E-state index is 0.417. The first-order valence-corrected chi connectivity index (χ1v) is 7.72. The third-order valence-corrected chi connectivity index (χ3v) is 4.92. The number of hydrogen-bond donors (Lipinski definition) is 1. The van der Waals surface area contributed by atoms with Gasteiger partial charge >= 0.3 is 0 Å². The van der Waals surface area contributed by atoms with Crippen molar-refractivity contribution in [3.63, 3.8) is 0 Å². The second-order valence-electron chi connectivity index (χ2n) is 6.91. The molecule has 2 aliphatic carbocycles. The first-order chi connectivity index (χ1) is 9.22. The summed E-state index contributed by atoms with van der Waals surface area (Å²) in [6, 6.07) is 7.43. The molecule has 1 N–H and O–H groups in total. The van der Waals surface area contributed by atoms with Gasteiger partial charge in [-0.3, -0.25) is 0 Å². The number of hydrogen-bond acceptors (Lipinski definition) is 2. The van der Waals surface area contributed by atoms with E-state index < -0.39 is 0 Å². The Hall–Kier alpha value is -1.02. The average Bonchev–Trinajstić information content (AvgIpc) is 3.27. The number of benzene rings is 1. The van der Waals surface area contributed by atoms with E-state index in [9.17, 15) is 0 Å². The SMILES string of the molecule is Cc1ccc2c(c1)CC(CC1(CNC3CC3)CC1)O2. The van der Waals surface area contributed by atoms with E-state index in [-0.39, 0.29) is 0 Å². The summed E-state index contributed by atoms with van der Waals surface area (Å²) >= 11 is 0. The van der Waals surface area contributed by atoms with Crippen molar-refractivity contribution >= 4 is 0 Å². The molecule has 0 saturated heterocycles. The maximum atomic E-state index is 6.13. The molecule has 0 bridgehead atoms. The molecule has 0 radical (unpaired) electrons. The molecule has 0 amide bonds. The van der Waals surface area contributed by atoms with Crippen molar-refractivity contribution in [1.82, 2.24) is 5.32 Å². The molecule has 2 saturated carbocycles. The van der Waals surface area contributed by atoms with E-state index in [0.717, 1.165) is 18.2 Å². The minimum atomic E-state index is 0.417. The molecule has 102 valence electrons. The van der Waals surface area contributed by atoms with Gasteiger partial charge in [0.25, 0.3) is 0 Å². The van der Waals surface area contributed by atoms with Gasteiger partial charge in [0.1, 0.15) is 11.9 Å². The van der Waals surface area contributed by atoms with Crippen molar-refractivity contribution in [3.05, 3.63) is 29.3 Å². The second-order valence-corrected chi connectivity index (χ2v) is 6.91. The summed E-state index contributed by atoms with van der Waals surface area (Å²) in [4.78, 5) is 0. The molecule has 1 heterocycles. The van der Waals surface area contributed by atoms with Crippen LogP contribution in [-0.2, 0) is 6.42 Å². The van der Waals surface area contributed by atoms with Gasteiger partial charge in [-0.25, -0.2) is 0 Å². The number of aryl methyl sites for hydroxylation is 1. The standard InChI is InChI=1S/C17H23NO/c1-12-2-5-16-13(8-12)9-15(19-16)10-17(6-7-17)11-18-14-3-4-14/h2,5,8,14-15,18H,3-4,6-7,9-11H2,1H3. The number of nitrogens with one attached hydrogen (secondary N) is 1. The summed E-state index contributed by atoms with van der Waals surface area (Å²) in [6.07, 6.45) is 8.33. The topological polar surface area (TPSA) is 21.3 Å². The maximum absolute atomic E-state index is 6.13. The van der Waals surface area contributed by atoms with Gasteiger partial charge in [0.2, 0.25) is 0 Å². The number of ether oxygens (including phenoxy) is 1. The Balaban J connectivity index is 1.37. The third kappa shape index (κ3) is 2.51. The van der Waals surface area contributed by atoms with Crippen LogP contribution in [0, 0.1) is 12.3 Å². The van der Waals surface area contributed by atoms with Crippen molar-refractivity contribution in [2.75, 3.05) is 6.54 Å². The van der Waals surface area contributed by atoms with E-state index in [2.05, 4.69) is 30.4 Å². The highest BCUT2D eigenvalue weighted by molar-refractivity contribution is 5.40. The molecule has 1 aliphatic heterocycles. The summed E-state index contributed by atoms with van der Waals surface area (Å²) in [5.41, 5.74) is 3.32. The Labute approximate surface area is 115 Å². The summed E-state index contributed by atoms with van der Waals surface area (Å²) in [6.45, 7) is 3.38. The van der Waals surface area contributed by atoms with Crippen LogP contribution in [0.4, 0.5) is 0 Å². The van der Waals surface area contributed by atoms with Gasteiger partial charge in [-0.15, -0.1) is 0 Å². The zero-order chi connectivity index (χ0) is 12.9. The lowest BCUT2D eigenvalue weighted by molar-refractivity contribution is 0.184. The predicted molar refractivity (Wildman–Crippen MR) is 76.6 cm³/mol. The molecule has 1 atom stereocenters. The quantitative estimate of drug-likeness (QED) is 0.874. The van der Waals surface area contributed by atoms with Gasteiger partial charge in [0.05, 0.1) is 0 Å². The third-order valence-electron chi connectivity index (χ3n) is 4.92. The highest BCUT2D eigenvalue weighted by Crippen LogP contribution is 2.51. The van der Waals surface area contributed by atoms with Gasteiger partial charge in [-0.1, -0.05) is 17.7 Å². The molecule has 2 fully saturated rings. The molecule has 2 nitrogen and oxygen atoms in total. The fraction of sp³-hybridized carbons (Fsp3) is 0.647. The first kappa shape index (κ1) is 11.8. The van der Waals surface area contributed by atoms with Crippen molar-refractivity contribution in [2.45, 2.75) is 57.6 Å². The Kier molecular flexibility index (Phi) is 2.63. The molecular weight excluding hydrogens is 234 g/mol. The van der Waals surface area contributed by atoms with Crippen LogP contribution in [0.25, 0.3) is 0 Å². The van der Waals surface area contributed by atoms with Crippen LogP contribution in [0.1, 0.15) is 43.2 Å². The van der Waals surface area contributed by atoms with Crippen LogP contribution in [0.5, 0.6) is 5.75 Å². The van der Waals surface area contributed by atoms with E-state index in [0.29, 0.717) is 11.5 Å². The van der Waals surface area contributed by atoms with E-state index in [1.165, 1.54) is 49.8 Å². The van der Waals surface area contributed by atoms with Crippen molar-refractivity contribution in [2.24, 2.45) is 5.41 Å². The fourth-order valence-corrected chi connectivity index (χ4v) is 3.32. The summed E-state index contributed by atoms with van der Waals surface area (Å²) in [7, 11) is 0. The van der Waals surface area contributed by atoms with Gasteiger partial charge < -0.3 is 10.1 Å². The summed E-state index contributed by atoms with van der Waals surface area (Å²) in [5.74, 6) is 1.13. The van der Waals surface area contributed by atoms with Gasteiger partial charge in [-0.05, 0) is 56.1 Å². The monoisotopic (exact) mass is 257 g/mol. The molecule has 19 heavy (non-hydrogen) atoms. The Bertz CT molecular complexity index is 488. The molecule has 4 rings (SSSR count). The van der Waals surface area contributed by atoms with Crippen molar-refractivity contribution in [3.8, 4) is 5.75 Å². The van der Waals surface area contributed by atoms with Crippen LogP contribution < -0.4 is 10.1 Å².